The molecule has 0 aliphatic rings. The molecule has 1 rings (SSSR count). The van der Waals surface area contributed by atoms with Crippen LogP contribution in [-0.2, 0) is 6.42 Å². The van der Waals surface area contributed by atoms with E-state index in [1.807, 2.05) is 13.8 Å². The molecule has 0 atom stereocenters. The highest BCUT2D eigenvalue weighted by atomic mass is 32.1. The van der Waals surface area contributed by atoms with E-state index < -0.39 is 0 Å². The van der Waals surface area contributed by atoms with Crippen LogP contribution in [0.2, 0.25) is 0 Å². The maximum Gasteiger partial charge on any atom is 0.0771 e. The molecule has 0 aliphatic heterocycles. The lowest BCUT2D eigenvalue weighted by Crippen LogP contribution is -1.76. The molecule has 0 spiro atoms. The molecule has 0 radical (unpaired) electrons. The van der Waals surface area contributed by atoms with Gasteiger partial charge in [-0.25, -0.2) is 0 Å². The Labute approximate surface area is 92.4 Å². The third kappa shape index (κ3) is 5.09. The monoisotopic (exact) mass is 208 g/mol. The Kier molecular flexibility index (Phi) is 7.24. The summed E-state index contributed by atoms with van der Waals surface area (Å²) in [4.78, 5) is 2.61. The summed E-state index contributed by atoms with van der Waals surface area (Å²) in [6.45, 7) is 10.4. The topological polar surface area (TPSA) is 0 Å². The molecule has 0 saturated heterocycles. The Morgan fingerprint density at radius 1 is 1.29 bits per heavy atom. The van der Waals surface area contributed by atoms with E-state index >= 15 is 0 Å². The van der Waals surface area contributed by atoms with Crippen LogP contribution in [0.3, 0.4) is 0 Å². The molecule has 0 aliphatic carbocycles. The number of hydrogen-bond donors (Lipinski definition) is 0. The van der Waals surface area contributed by atoms with E-state index in [4.69, 9.17) is 0 Å². The molecule has 0 amide bonds. The molecule has 0 fully saturated rings. The van der Waals surface area contributed by atoms with Crippen LogP contribution in [0.4, 0.5) is 0 Å². The number of aryl methyl sites for hydroxylation is 1. The van der Waals surface area contributed by atoms with Gasteiger partial charge in [0.1, 0.15) is 0 Å². The van der Waals surface area contributed by atoms with Crippen molar-refractivity contribution in [3.63, 3.8) is 0 Å². The Hall–Kier alpha value is -0.740. The minimum Gasteiger partial charge on any atom is -0.132 e. The lowest BCUT2D eigenvalue weighted by atomic mass is 10.2. The van der Waals surface area contributed by atoms with Crippen LogP contribution in [0.15, 0.2) is 12.1 Å². The second kappa shape index (κ2) is 7.64. The van der Waals surface area contributed by atoms with Gasteiger partial charge in [-0.2, -0.15) is 0 Å². The first-order valence-electron chi connectivity index (χ1n) is 5.32. The first-order valence-corrected chi connectivity index (χ1v) is 6.14. The number of thiophene rings is 1. The van der Waals surface area contributed by atoms with E-state index in [9.17, 15) is 0 Å². The van der Waals surface area contributed by atoms with Crippen LogP contribution in [0, 0.1) is 17.8 Å². The molecule has 0 aromatic carbocycles. The molecule has 1 aromatic heterocycles. The van der Waals surface area contributed by atoms with Gasteiger partial charge in [-0.1, -0.05) is 46.5 Å². The van der Waals surface area contributed by atoms with Crippen molar-refractivity contribution < 1.29 is 0 Å². The van der Waals surface area contributed by atoms with Crippen molar-refractivity contribution in [1.82, 2.24) is 0 Å². The largest absolute Gasteiger partial charge is 0.132 e. The van der Waals surface area contributed by atoms with Gasteiger partial charge in [-0.05, 0) is 18.6 Å². The zero-order valence-corrected chi connectivity index (χ0v) is 10.7. The van der Waals surface area contributed by atoms with Gasteiger partial charge in [0.25, 0.3) is 0 Å². The van der Waals surface area contributed by atoms with Crippen molar-refractivity contribution in [2.45, 2.75) is 41.0 Å². The van der Waals surface area contributed by atoms with E-state index in [-0.39, 0.29) is 0 Å². The van der Waals surface area contributed by atoms with Gasteiger partial charge in [0.2, 0.25) is 0 Å². The van der Waals surface area contributed by atoms with Crippen LogP contribution in [-0.4, -0.2) is 0 Å². The Morgan fingerprint density at radius 2 is 1.93 bits per heavy atom. The molecule has 1 heterocycles. The van der Waals surface area contributed by atoms with Crippen LogP contribution >= 0.6 is 11.3 Å². The van der Waals surface area contributed by atoms with Gasteiger partial charge in [0.15, 0.2) is 0 Å². The maximum atomic E-state index is 3.17. The highest BCUT2D eigenvalue weighted by Crippen LogP contribution is 2.15. The fraction of sp³-hybridized carbons (Fsp3) is 0.538. The standard InChI is InChI=1S/C11H14S.C2H6/c1-4-10-7-8-11(12-10)6-5-9(2)3;1-2/h7-9H,4H2,1-3H3;1-2H3. The van der Waals surface area contributed by atoms with Crippen molar-refractivity contribution in [2.24, 2.45) is 5.92 Å². The average molecular weight is 208 g/mol. The van der Waals surface area contributed by atoms with Crippen LogP contribution in [0.25, 0.3) is 0 Å². The predicted octanol–water partition coefficient (Wildman–Crippen LogP) is 4.34. The summed E-state index contributed by atoms with van der Waals surface area (Å²) in [5.74, 6) is 6.80. The van der Waals surface area contributed by atoms with Crippen molar-refractivity contribution in [2.75, 3.05) is 0 Å². The maximum absolute atomic E-state index is 3.17. The lowest BCUT2D eigenvalue weighted by Gasteiger charge is -1.85. The first kappa shape index (κ1) is 13.3. The smallest absolute Gasteiger partial charge is 0.0771 e. The summed E-state index contributed by atoms with van der Waals surface area (Å²) in [5.41, 5.74) is 0. The molecule has 0 saturated carbocycles. The Morgan fingerprint density at radius 3 is 2.36 bits per heavy atom. The molecule has 1 heteroatoms. The quantitative estimate of drug-likeness (QED) is 0.602. The van der Waals surface area contributed by atoms with E-state index in [2.05, 4.69) is 44.7 Å². The molecule has 1 aromatic rings. The van der Waals surface area contributed by atoms with Crippen LogP contribution < -0.4 is 0 Å². The van der Waals surface area contributed by atoms with Gasteiger partial charge < -0.3 is 0 Å². The fourth-order valence-corrected chi connectivity index (χ4v) is 1.66. The number of hydrogen-bond acceptors (Lipinski definition) is 1. The summed E-state index contributed by atoms with van der Waals surface area (Å²) in [7, 11) is 0. The summed E-state index contributed by atoms with van der Waals surface area (Å²) >= 11 is 1.80. The highest BCUT2D eigenvalue weighted by molar-refractivity contribution is 7.12. The third-order valence-electron chi connectivity index (χ3n) is 1.49. The summed E-state index contributed by atoms with van der Waals surface area (Å²) in [6.07, 6.45) is 1.12. The summed E-state index contributed by atoms with van der Waals surface area (Å²) in [5, 5.41) is 0. The molecule has 78 valence electrons. The van der Waals surface area contributed by atoms with Crippen molar-refractivity contribution in [3.8, 4) is 11.8 Å². The van der Waals surface area contributed by atoms with E-state index in [0.29, 0.717) is 5.92 Å². The molecular formula is C13H20S. The lowest BCUT2D eigenvalue weighted by molar-refractivity contribution is 0.867. The highest BCUT2D eigenvalue weighted by Gasteiger charge is 1.93. The summed E-state index contributed by atoms with van der Waals surface area (Å²) in [6, 6.07) is 4.27. The SMILES string of the molecule is CC.CCc1ccc(C#CC(C)C)s1. The zero-order valence-electron chi connectivity index (χ0n) is 9.85. The minimum absolute atomic E-state index is 0.470. The average Bonchev–Trinajstić information content (AvgIpc) is 2.65. The van der Waals surface area contributed by atoms with E-state index in [1.165, 1.54) is 9.75 Å². The molecule has 0 nitrogen and oxygen atoms in total. The zero-order chi connectivity index (χ0) is 11.0. The van der Waals surface area contributed by atoms with Crippen molar-refractivity contribution in [1.29, 1.82) is 0 Å². The van der Waals surface area contributed by atoms with Gasteiger partial charge in [-0.3, -0.25) is 0 Å². The van der Waals surface area contributed by atoms with Crippen LogP contribution in [0.5, 0.6) is 0 Å². The molecule has 14 heavy (non-hydrogen) atoms. The van der Waals surface area contributed by atoms with Crippen LogP contribution in [0.1, 0.15) is 44.4 Å². The number of rotatable bonds is 1. The normalized spacial score (nSPS) is 8.71. The van der Waals surface area contributed by atoms with Gasteiger partial charge in [0, 0.05) is 10.8 Å². The minimum atomic E-state index is 0.470. The van der Waals surface area contributed by atoms with Gasteiger partial charge in [-0.15, -0.1) is 11.3 Å². The van der Waals surface area contributed by atoms with Crippen molar-refractivity contribution >= 4 is 11.3 Å². The van der Waals surface area contributed by atoms with E-state index in [1.54, 1.807) is 11.3 Å². The van der Waals surface area contributed by atoms with Gasteiger partial charge >= 0.3 is 0 Å². The fourth-order valence-electron chi connectivity index (χ4n) is 0.851. The van der Waals surface area contributed by atoms with Crippen molar-refractivity contribution in [3.05, 3.63) is 21.9 Å². The summed E-state index contributed by atoms with van der Waals surface area (Å²) < 4.78 is 0. The van der Waals surface area contributed by atoms with Gasteiger partial charge in [0.05, 0.1) is 4.88 Å². The molecule has 0 N–H and O–H groups in total. The van der Waals surface area contributed by atoms with E-state index in [0.717, 1.165) is 6.42 Å². The molecular weight excluding hydrogens is 188 g/mol. The Balaban J connectivity index is 0.000000791. The Bertz CT molecular complexity index is 297. The second-order valence-electron chi connectivity index (χ2n) is 3.04. The third-order valence-corrected chi connectivity index (χ3v) is 2.64. The molecule has 0 unspecified atom stereocenters. The predicted molar refractivity (Wildman–Crippen MR) is 66.8 cm³/mol. The second-order valence-corrected chi connectivity index (χ2v) is 4.21. The first-order chi connectivity index (χ1) is 6.72. The molecule has 0 bridgehead atoms.